The number of hydrogen-bond donors (Lipinski definition) is 1. The van der Waals surface area contributed by atoms with E-state index in [4.69, 9.17) is 0 Å². The molecule has 0 aliphatic carbocycles. The Morgan fingerprint density at radius 3 is 2.52 bits per heavy atom. The second kappa shape index (κ2) is 5.74. The van der Waals surface area contributed by atoms with Crippen LogP contribution in [0.3, 0.4) is 0 Å². The third kappa shape index (κ3) is 3.03. The molecule has 1 aliphatic rings. The fourth-order valence-electron chi connectivity index (χ4n) is 3.10. The topological polar surface area (TPSA) is 54.3 Å². The monoisotopic (exact) mass is 313 g/mol. The molecule has 1 aliphatic heterocycles. The highest BCUT2D eigenvalue weighted by Gasteiger charge is 2.41. The summed E-state index contributed by atoms with van der Waals surface area (Å²) in [7, 11) is -1.54. The van der Waals surface area contributed by atoms with Crippen molar-refractivity contribution >= 4 is 10.0 Å². The maximum atomic E-state index is 12.9. The Kier molecular flexibility index (Phi) is 4.52. The van der Waals surface area contributed by atoms with Crippen LogP contribution in [0, 0.1) is 0 Å². The maximum absolute atomic E-state index is 12.9. The van der Waals surface area contributed by atoms with Crippen LogP contribution in [0.5, 0.6) is 0 Å². The molecule has 6 heteroatoms. The molecule has 1 aromatic rings. The molecule has 21 heavy (non-hydrogen) atoms. The SMILES string of the molecule is CNCc1cc(S(=O)(=O)N2CCCC2(C)C)cn1C(C)C. The minimum Gasteiger partial charge on any atom is -0.346 e. The number of sulfonamides is 1. The second-order valence-corrected chi connectivity index (χ2v) is 8.55. The minimum absolute atomic E-state index is 0.240. The molecule has 120 valence electrons. The van der Waals surface area contributed by atoms with Gasteiger partial charge in [0.15, 0.2) is 0 Å². The fraction of sp³-hybridized carbons (Fsp3) is 0.733. The van der Waals surface area contributed by atoms with Crippen molar-refractivity contribution < 1.29 is 8.42 Å². The first-order valence-corrected chi connectivity index (χ1v) is 9.02. The molecule has 0 spiro atoms. The van der Waals surface area contributed by atoms with Crippen LogP contribution >= 0.6 is 0 Å². The van der Waals surface area contributed by atoms with Crippen LogP contribution in [0.1, 0.15) is 52.3 Å². The zero-order chi connectivity index (χ0) is 15.8. The number of nitrogens with zero attached hydrogens (tertiary/aromatic N) is 2. The van der Waals surface area contributed by atoms with E-state index in [0.29, 0.717) is 18.0 Å². The lowest BCUT2D eigenvalue weighted by Gasteiger charge is -2.30. The van der Waals surface area contributed by atoms with Gasteiger partial charge in [-0.3, -0.25) is 0 Å². The number of hydrogen-bond acceptors (Lipinski definition) is 3. The molecule has 5 nitrogen and oxygen atoms in total. The van der Waals surface area contributed by atoms with Gasteiger partial charge in [0.2, 0.25) is 10.0 Å². The van der Waals surface area contributed by atoms with E-state index in [1.54, 1.807) is 16.6 Å². The Morgan fingerprint density at radius 2 is 2.05 bits per heavy atom. The summed E-state index contributed by atoms with van der Waals surface area (Å²) in [5, 5.41) is 3.10. The van der Waals surface area contributed by atoms with Crippen LogP contribution in [-0.2, 0) is 16.6 Å². The van der Waals surface area contributed by atoms with Gasteiger partial charge >= 0.3 is 0 Å². The summed E-state index contributed by atoms with van der Waals surface area (Å²) in [6.45, 7) is 9.42. The van der Waals surface area contributed by atoms with Gasteiger partial charge in [0.25, 0.3) is 0 Å². The summed E-state index contributed by atoms with van der Waals surface area (Å²) in [6, 6.07) is 2.05. The van der Waals surface area contributed by atoms with Crippen molar-refractivity contribution in [1.82, 2.24) is 14.2 Å². The van der Waals surface area contributed by atoms with Crippen LogP contribution in [0.25, 0.3) is 0 Å². The molecule has 1 aromatic heterocycles. The Bertz CT molecular complexity index is 602. The van der Waals surface area contributed by atoms with Crippen molar-refractivity contribution in [2.45, 2.75) is 63.6 Å². The zero-order valence-corrected chi connectivity index (χ0v) is 14.5. The van der Waals surface area contributed by atoms with E-state index in [9.17, 15) is 8.42 Å². The molecule has 1 N–H and O–H groups in total. The Balaban J connectivity index is 2.43. The lowest BCUT2D eigenvalue weighted by Crippen LogP contribution is -2.42. The largest absolute Gasteiger partial charge is 0.346 e. The molecule has 0 aromatic carbocycles. The first kappa shape index (κ1) is 16.5. The van der Waals surface area contributed by atoms with Crippen molar-refractivity contribution in [3.63, 3.8) is 0 Å². The molecule has 0 atom stereocenters. The molecule has 1 fully saturated rings. The first-order valence-electron chi connectivity index (χ1n) is 7.58. The van der Waals surface area contributed by atoms with Gasteiger partial charge in [-0.15, -0.1) is 0 Å². The third-order valence-corrected chi connectivity index (χ3v) is 6.31. The van der Waals surface area contributed by atoms with Gasteiger partial charge in [-0.05, 0) is 53.7 Å². The van der Waals surface area contributed by atoms with Gasteiger partial charge < -0.3 is 9.88 Å². The van der Waals surface area contributed by atoms with Crippen molar-refractivity contribution in [2.75, 3.05) is 13.6 Å². The molecule has 0 amide bonds. The number of nitrogens with one attached hydrogen (secondary N) is 1. The van der Waals surface area contributed by atoms with Crippen LogP contribution in [0.4, 0.5) is 0 Å². The van der Waals surface area contributed by atoms with E-state index in [2.05, 4.69) is 19.2 Å². The van der Waals surface area contributed by atoms with Gasteiger partial charge in [-0.2, -0.15) is 4.31 Å². The van der Waals surface area contributed by atoms with E-state index < -0.39 is 10.0 Å². The Morgan fingerprint density at radius 1 is 1.38 bits per heavy atom. The molecule has 0 radical (unpaired) electrons. The summed E-state index contributed by atoms with van der Waals surface area (Å²) in [5.41, 5.74) is 0.713. The molecule has 0 bridgehead atoms. The van der Waals surface area contributed by atoms with Gasteiger partial charge in [0.05, 0.1) is 0 Å². The smallest absolute Gasteiger partial charge is 0.245 e. The quantitative estimate of drug-likeness (QED) is 0.908. The van der Waals surface area contributed by atoms with Gasteiger partial charge in [-0.1, -0.05) is 0 Å². The molecule has 0 saturated carbocycles. The summed E-state index contributed by atoms with van der Waals surface area (Å²) in [4.78, 5) is 0.413. The Hall–Kier alpha value is -0.850. The van der Waals surface area contributed by atoms with E-state index in [1.165, 1.54) is 0 Å². The van der Waals surface area contributed by atoms with Crippen molar-refractivity contribution in [2.24, 2.45) is 0 Å². The minimum atomic E-state index is -3.42. The lowest BCUT2D eigenvalue weighted by molar-refractivity contribution is 0.291. The highest BCUT2D eigenvalue weighted by atomic mass is 32.2. The fourth-order valence-corrected chi connectivity index (χ4v) is 4.99. The lowest BCUT2D eigenvalue weighted by atomic mass is 10.0. The summed E-state index contributed by atoms with van der Waals surface area (Å²) in [6.07, 6.45) is 3.63. The standard InChI is InChI=1S/C15H27N3O2S/c1-12(2)17-11-14(9-13(17)10-16-5)21(19,20)18-8-6-7-15(18,3)4/h9,11-12,16H,6-8,10H2,1-5H3. The van der Waals surface area contributed by atoms with Crippen molar-refractivity contribution in [1.29, 1.82) is 0 Å². The van der Waals surface area contributed by atoms with Crippen molar-refractivity contribution in [3.8, 4) is 0 Å². The molecular weight excluding hydrogens is 286 g/mol. The van der Waals surface area contributed by atoms with Crippen LogP contribution < -0.4 is 5.32 Å². The summed E-state index contributed by atoms with van der Waals surface area (Å²) >= 11 is 0. The normalized spacial score (nSPS) is 19.5. The van der Waals surface area contributed by atoms with Gasteiger partial charge in [0, 0.05) is 36.6 Å². The van der Waals surface area contributed by atoms with Crippen LogP contribution in [-0.4, -0.2) is 36.4 Å². The second-order valence-electron chi connectivity index (χ2n) is 6.69. The molecule has 2 rings (SSSR count). The average Bonchev–Trinajstić information content (AvgIpc) is 2.93. The summed E-state index contributed by atoms with van der Waals surface area (Å²) in [5.74, 6) is 0. The van der Waals surface area contributed by atoms with Gasteiger partial charge in [0.1, 0.15) is 4.90 Å². The molecule has 2 heterocycles. The number of rotatable bonds is 5. The number of aromatic nitrogens is 1. The highest BCUT2D eigenvalue weighted by Crippen LogP contribution is 2.34. The van der Waals surface area contributed by atoms with Gasteiger partial charge in [-0.25, -0.2) is 8.42 Å². The molecule has 0 unspecified atom stereocenters. The van der Waals surface area contributed by atoms with E-state index in [-0.39, 0.29) is 11.6 Å². The Labute approximate surface area is 128 Å². The molecule has 1 saturated heterocycles. The predicted molar refractivity (Wildman–Crippen MR) is 84.8 cm³/mol. The van der Waals surface area contributed by atoms with Crippen LogP contribution in [0.2, 0.25) is 0 Å². The average molecular weight is 313 g/mol. The zero-order valence-electron chi connectivity index (χ0n) is 13.7. The predicted octanol–water partition coefficient (Wildman–Crippen LogP) is 2.35. The highest BCUT2D eigenvalue weighted by molar-refractivity contribution is 7.89. The first-order chi connectivity index (χ1) is 9.70. The van der Waals surface area contributed by atoms with E-state index in [0.717, 1.165) is 18.5 Å². The maximum Gasteiger partial charge on any atom is 0.245 e. The van der Waals surface area contributed by atoms with Crippen molar-refractivity contribution in [3.05, 3.63) is 18.0 Å². The summed E-state index contributed by atoms with van der Waals surface area (Å²) < 4.78 is 29.6. The van der Waals surface area contributed by atoms with Crippen LogP contribution in [0.15, 0.2) is 17.2 Å². The van der Waals surface area contributed by atoms with E-state index in [1.807, 2.05) is 25.5 Å². The third-order valence-electron chi connectivity index (χ3n) is 4.23. The van der Waals surface area contributed by atoms with E-state index >= 15 is 0 Å². The molecular formula is C15H27N3O2S.